The SMILES string of the molecule is Cc1cccc(OCC(=O)NCC2CCN(C(=O)Oc3ccccc3)CC2)c1. The Labute approximate surface area is 165 Å². The Hall–Kier alpha value is -3.02. The van der Waals surface area contributed by atoms with Crippen LogP contribution < -0.4 is 14.8 Å². The molecule has 0 unspecified atom stereocenters. The molecule has 28 heavy (non-hydrogen) atoms. The van der Waals surface area contributed by atoms with Gasteiger partial charge in [0.2, 0.25) is 0 Å². The van der Waals surface area contributed by atoms with Gasteiger partial charge in [0.05, 0.1) is 0 Å². The zero-order valence-electron chi connectivity index (χ0n) is 16.1. The number of nitrogens with one attached hydrogen (secondary N) is 1. The van der Waals surface area contributed by atoms with Crippen molar-refractivity contribution < 1.29 is 19.1 Å². The molecule has 148 valence electrons. The van der Waals surface area contributed by atoms with Crippen molar-refractivity contribution in [3.63, 3.8) is 0 Å². The van der Waals surface area contributed by atoms with Crippen LogP contribution in [0.25, 0.3) is 0 Å². The van der Waals surface area contributed by atoms with Crippen LogP contribution in [0.4, 0.5) is 4.79 Å². The van der Waals surface area contributed by atoms with Crippen LogP contribution in [0.3, 0.4) is 0 Å². The topological polar surface area (TPSA) is 67.9 Å². The first kappa shape index (κ1) is 19.7. The lowest BCUT2D eigenvalue weighted by Gasteiger charge is -2.31. The summed E-state index contributed by atoms with van der Waals surface area (Å²) in [5.74, 6) is 1.46. The third-order valence-electron chi connectivity index (χ3n) is 4.77. The molecule has 2 aromatic carbocycles. The molecule has 0 bridgehead atoms. The number of amides is 2. The van der Waals surface area contributed by atoms with E-state index in [4.69, 9.17) is 9.47 Å². The first-order valence-corrected chi connectivity index (χ1v) is 9.58. The summed E-state index contributed by atoms with van der Waals surface area (Å²) in [4.78, 5) is 25.9. The van der Waals surface area contributed by atoms with E-state index in [1.54, 1.807) is 17.0 Å². The minimum Gasteiger partial charge on any atom is -0.484 e. The van der Waals surface area contributed by atoms with Gasteiger partial charge < -0.3 is 19.7 Å². The average Bonchev–Trinajstić information content (AvgIpc) is 2.72. The van der Waals surface area contributed by atoms with Gasteiger partial charge in [-0.05, 0) is 55.5 Å². The Balaban J connectivity index is 1.34. The number of aryl methyl sites for hydroxylation is 1. The average molecular weight is 382 g/mol. The van der Waals surface area contributed by atoms with Crippen LogP contribution in [0.5, 0.6) is 11.5 Å². The molecule has 3 rings (SSSR count). The van der Waals surface area contributed by atoms with Crippen molar-refractivity contribution in [2.75, 3.05) is 26.2 Å². The van der Waals surface area contributed by atoms with E-state index in [-0.39, 0.29) is 18.6 Å². The Bertz CT molecular complexity index is 786. The predicted molar refractivity (Wildman–Crippen MR) is 106 cm³/mol. The van der Waals surface area contributed by atoms with Crippen LogP contribution in [0.15, 0.2) is 54.6 Å². The molecule has 1 N–H and O–H groups in total. The first-order chi connectivity index (χ1) is 13.6. The Kier molecular flexibility index (Phi) is 6.89. The van der Waals surface area contributed by atoms with Crippen molar-refractivity contribution >= 4 is 12.0 Å². The monoisotopic (exact) mass is 382 g/mol. The lowest BCUT2D eigenvalue weighted by molar-refractivity contribution is -0.123. The maximum Gasteiger partial charge on any atom is 0.415 e. The van der Waals surface area contributed by atoms with Gasteiger partial charge in [-0.2, -0.15) is 0 Å². The number of hydrogen-bond acceptors (Lipinski definition) is 4. The molecule has 1 aliphatic rings. The minimum absolute atomic E-state index is 0.00565. The second kappa shape index (κ2) is 9.78. The third kappa shape index (κ3) is 6.01. The lowest BCUT2D eigenvalue weighted by Crippen LogP contribution is -2.43. The largest absolute Gasteiger partial charge is 0.484 e. The molecular formula is C22H26N2O4. The number of ether oxygens (including phenoxy) is 2. The number of carbonyl (C=O) groups excluding carboxylic acids is 2. The van der Waals surface area contributed by atoms with Crippen LogP contribution in [-0.4, -0.2) is 43.1 Å². The number of likely N-dealkylation sites (tertiary alicyclic amines) is 1. The molecular weight excluding hydrogens is 356 g/mol. The van der Waals surface area contributed by atoms with E-state index >= 15 is 0 Å². The fourth-order valence-electron chi connectivity index (χ4n) is 3.14. The van der Waals surface area contributed by atoms with Gasteiger partial charge in [-0.15, -0.1) is 0 Å². The van der Waals surface area contributed by atoms with Gasteiger partial charge in [-0.1, -0.05) is 30.3 Å². The fraction of sp³-hybridized carbons (Fsp3) is 0.364. The van der Waals surface area contributed by atoms with Crippen molar-refractivity contribution in [1.82, 2.24) is 10.2 Å². The molecule has 0 aromatic heterocycles. The third-order valence-corrected chi connectivity index (χ3v) is 4.77. The molecule has 0 spiro atoms. The van der Waals surface area contributed by atoms with Crippen molar-refractivity contribution in [2.45, 2.75) is 19.8 Å². The second-order valence-electron chi connectivity index (χ2n) is 7.02. The number of benzene rings is 2. The number of carbonyl (C=O) groups is 2. The molecule has 1 heterocycles. The van der Waals surface area contributed by atoms with Gasteiger partial charge >= 0.3 is 6.09 Å². The van der Waals surface area contributed by atoms with E-state index in [2.05, 4.69) is 5.32 Å². The van der Waals surface area contributed by atoms with Gasteiger partial charge in [0, 0.05) is 19.6 Å². The van der Waals surface area contributed by atoms with E-state index < -0.39 is 0 Å². The molecule has 0 aliphatic carbocycles. The number of nitrogens with zero attached hydrogens (tertiary/aromatic N) is 1. The number of rotatable bonds is 6. The molecule has 1 saturated heterocycles. The quantitative estimate of drug-likeness (QED) is 0.831. The molecule has 0 atom stereocenters. The van der Waals surface area contributed by atoms with E-state index in [0.29, 0.717) is 37.1 Å². The van der Waals surface area contributed by atoms with Crippen LogP contribution in [-0.2, 0) is 4.79 Å². The van der Waals surface area contributed by atoms with E-state index in [1.807, 2.05) is 49.4 Å². The Morgan fingerprint density at radius 1 is 1.04 bits per heavy atom. The fourth-order valence-corrected chi connectivity index (χ4v) is 3.14. The highest BCUT2D eigenvalue weighted by molar-refractivity contribution is 5.77. The molecule has 6 nitrogen and oxygen atoms in total. The Morgan fingerprint density at radius 3 is 2.46 bits per heavy atom. The summed E-state index contributed by atoms with van der Waals surface area (Å²) < 4.78 is 10.9. The molecule has 0 radical (unpaired) electrons. The number of para-hydroxylation sites is 1. The highest BCUT2D eigenvalue weighted by atomic mass is 16.6. The summed E-state index contributed by atoms with van der Waals surface area (Å²) in [6.45, 7) is 3.84. The summed E-state index contributed by atoms with van der Waals surface area (Å²) >= 11 is 0. The molecule has 1 fully saturated rings. The van der Waals surface area contributed by atoms with Gasteiger partial charge in [0.15, 0.2) is 6.61 Å². The van der Waals surface area contributed by atoms with Crippen LogP contribution in [0.1, 0.15) is 18.4 Å². The van der Waals surface area contributed by atoms with Gasteiger partial charge in [-0.25, -0.2) is 4.79 Å². The van der Waals surface area contributed by atoms with Crippen LogP contribution in [0.2, 0.25) is 0 Å². The minimum atomic E-state index is -0.319. The highest BCUT2D eigenvalue weighted by Gasteiger charge is 2.24. The van der Waals surface area contributed by atoms with E-state index in [9.17, 15) is 9.59 Å². The summed E-state index contributed by atoms with van der Waals surface area (Å²) in [6.07, 6.45) is 1.35. The highest BCUT2D eigenvalue weighted by Crippen LogP contribution is 2.18. The van der Waals surface area contributed by atoms with E-state index in [0.717, 1.165) is 18.4 Å². The standard InChI is InChI=1S/C22H26N2O4/c1-17-6-5-9-20(14-17)27-16-21(25)23-15-18-10-12-24(13-11-18)22(26)28-19-7-3-2-4-8-19/h2-9,14,18H,10-13,15-16H2,1H3,(H,23,25). The maximum atomic E-state index is 12.2. The Morgan fingerprint density at radius 2 is 1.75 bits per heavy atom. The van der Waals surface area contributed by atoms with Crippen LogP contribution in [0, 0.1) is 12.8 Å². The van der Waals surface area contributed by atoms with Crippen molar-refractivity contribution in [1.29, 1.82) is 0 Å². The van der Waals surface area contributed by atoms with Crippen LogP contribution >= 0.6 is 0 Å². The van der Waals surface area contributed by atoms with Gasteiger partial charge in [0.1, 0.15) is 11.5 Å². The van der Waals surface area contributed by atoms with Crippen molar-refractivity contribution in [3.05, 3.63) is 60.2 Å². The number of piperidine rings is 1. The zero-order chi connectivity index (χ0) is 19.8. The van der Waals surface area contributed by atoms with Crippen molar-refractivity contribution in [3.8, 4) is 11.5 Å². The summed E-state index contributed by atoms with van der Waals surface area (Å²) in [7, 11) is 0. The molecule has 0 saturated carbocycles. The van der Waals surface area contributed by atoms with E-state index in [1.165, 1.54) is 0 Å². The molecule has 2 amide bonds. The second-order valence-corrected chi connectivity index (χ2v) is 7.02. The lowest BCUT2D eigenvalue weighted by atomic mass is 9.97. The zero-order valence-corrected chi connectivity index (χ0v) is 16.1. The first-order valence-electron chi connectivity index (χ1n) is 9.58. The number of hydrogen-bond donors (Lipinski definition) is 1. The molecule has 6 heteroatoms. The van der Waals surface area contributed by atoms with Gasteiger partial charge in [-0.3, -0.25) is 4.79 Å². The predicted octanol–water partition coefficient (Wildman–Crippen LogP) is 3.40. The molecule has 2 aromatic rings. The smallest absolute Gasteiger partial charge is 0.415 e. The van der Waals surface area contributed by atoms with Crippen molar-refractivity contribution in [2.24, 2.45) is 5.92 Å². The summed E-state index contributed by atoms with van der Waals surface area (Å²) in [6, 6.07) is 16.7. The normalized spacial score (nSPS) is 14.4. The van der Waals surface area contributed by atoms with Gasteiger partial charge in [0.25, 0.3) is 5.91 Å². The molecule has 1 aliphatic heterocycles. The summed E-state index contributed by atoms with van der Waals surface area (Å²) in [5, 5.41) is 2.92. The summed E-state index contributed by atoms with van der Waals surface area (Å²) in [5.41, 5.74) is 1.09. The maximum absolute atomic E-state index is 12.2.